The van der Waals surface area contributed by atoms with Gasteiger partial charge in [0.2, 0.25) is 0 Å². The number of Topliss-reactive ketones (excluding diaryl/α,β-unsaturated/α-hetero) is 1. The summed E-state index contributed by atoms with van der Waals surface area (Å²) < 4.78 is 6.35. The molecule has 0 amide bonds. The van der Waals surface area contributed by atoms with Gasteiger partial charge in [0.1, 0.15) is 17.9 Å². The fourth-order valence-electron chi connectivity index (χ4n) is 5.49. The smallest absolute Gasteiger partial charge is 0.165 e. The van der Waals surface area contributed by atoms with Gasteiger partial charge < -0.3 is 4.74 Å². The molecule has 1 aliphatic heterocycles. The molecule has 1 heterocycles. The molecule has 0 unspecified atom stereocenters. The van der Waals surface area contributed by atoms with E-state index in [1.54, 1.807) is 18.2 Å². The van der Waals surface area contributed by atoms with Crippen molar-refractivity contribution >= 4 is 23.1 Å². The Morgan fingerprint density at radius 3 is 2.47 bits per heavy atom. The van der Waals surface area contributed by atoms with Crippen molar-refractivity contribution in [2.24, 2.45) is 21.7 Å². The maximum absolute atomic E-state index is 13.5. The normalized spacial score (nSPS) is 23.7. The van der Waals surface area contributed by atoms with Gasteiger partial charge in [0.05, 0.1) is 16.3 Å². The summed E-state index contributed by atoms with van der Waals surface area (Å²) in [6.07, 6.45) is 4.78. The van der Waals surface area contributed by atoms with E-state index in [1.165, 1.54) is 0 Å². The number of rotatable bonds is 6. The number of hydrogen-bond donors (Lipinski definition) is 0. The van der Waals surface area contributed by atoms with Gasteiger partial charge in [-0.05, 0) is 43.0 Å². The zero-order valence-corrected chi connectivity index (χ0v) is 20.5. The number of carbonyl (C=O) groups is 1. The molecule has 1 aromatic rings. The van der Waals surface area contributed by atoms with Gasteiger partial charge in [-0.25, -0.2) is 0 Å². The van der Waals surface area contributed by atoms with E-state index >= 15 is 0 Å². The molecule has 1 aliphatic carbocycles. The average molecular weight is 451 g/mol. The van der Waals surface area contributed by atoms with Crippen LogP contribution in [0, 0.1) is 28.1 Å². The van der Waals surface area contributed by atoms with Gasteiger partial charge in [-0.15, -0.1) is 0 Å². The summed E-state index contributed by atoms with van der Waals surface area (Å²) in [5.74, 6) is 0.839. The number of benzene rings is 1. The van der Waals surface area contributed by atoms with Crippen LogP contribution in [-0.4, -0.2) is 17.6 Å². The number of ether oxygens (including phenoxy) is 1. The molecule has 4 nitrogen and oxygen atoms in total. The topological polar surface area (TPSA) is 62.4 Å². The SMILES string of the molecule is C=C1C=CC(C)=NC(CC)=C1C(=O)CC1C(C)(C)C(Oc2ccc(C#N)c(Cl)c2)C1(C)C. The van der Waals surface area contributed by atoms with E-state index < -0.39 is 0 Å². The third kappa shape index (κ3) is 4.19. The predicted molar refractivity (Wildman–Crippen MR) is 130 cm³/mol. The summed E-state index contributed by atoms with van der Waals surface area (Å²) in [6, 6.07) is 7.19. The highest BCUT2D eigenvalue weighted by molar-refractivity contribution is 6.31. The summed E-state index contributed by atoms with van der Waals surface area (Å²) >= 11 is 6.19. The summed E-state index contributed by atoms with van der Waals surface area (Å²) in [6.45, 7) is 16.7. The van der Waals surface area contributed by atoms with E-state index in [-0.39, 0.29) is 28.6 Å². The fourth-order valence-corrected chi connectivity index (χ4v) is 5.70. The van der Waals surface area contributed by atoms with Gasteiger partial charge in [-0.3, -0.25) is 9.79 Å². The third-order valence-corrected chi connectivity index (χ3v) is 7.23. The Bertz CT molecular complexity index is 1080. The zero-order valence-electron chi connectivity index (χ0n) is 19.8. The molecule has 0 bridgehead atoms. The summed E-state index contributed by atoms with van der Waals surface area (Å²) in [7, 11) is 0. The number of allylic oxidation sites excluding steroid dienone is 5. The minimum Gasteiger partial charge on any atom is -0.489 e. The number of ketones is 1. The standard InChI is InChI=1S/C27H31ClN2O2/c1-8-21-24(16(2)9-10-17(3)30-21)22(31)14-23-26(4,5)25(27(23,6)7)32-19-12-11-18(15-29)20(28)13-19/h9-13,23,25H,2,8,14H2,1,3-7H3. The van der Waals surface area contributed by atoms with Crippen LogP contribution in [0.3, 0.4) is 0 Å². The van der Waals surface area contributed by atoms with Gasteiger partial charge in [-0.1, -0.05) is 58.9 Å². The molecule has 0 saturated heterocycles. The van der Waals surface area contributed by atoms with Gasteiger partial charge in [-0.2, -0.15) is 5.26 Å². The van der Waals surface area contributed by atoms with Crippen molar-refractivity contribution in [3.63, 3.8) is 0 Å². The maximum Gasteiger partial charge on any atom is 0.165 e. The van der Waals surface area contributed by atoms with Crippen LogP contribution in [0.15, 0.2) is 58.8 Å². The lowest BCUT2D eigenvalue weighted by molar-refractivity contribution is -0.200. The van der Waals surface area contributed by atoms with Gasteiger partial charge in [0, 0.05) is 34.6 Å². The van der Waals surface area contributed by atoms with Crippen LogP contribution in [0.2, 0.25) is 5.02 Å². The lowest BCUT2D eigenvalue weighted by Gasteiger charge is -2.63. The fraction of sp³-hybridized carbons (Fsp3) is 0.444. The van der Waals surface area contributed by atoms with Crippen molar-refractivity contribution in [2.45, 2.75) is 60.5 Å². The monoisotopic (exact) mass is 450 g/mol. The highest BCUT2D eigenvalue weighted by Crippen LogP contribution is 2.62. The Morgan fingerprint density at radius 1 is 1.25 bits per heavy atom. The number of halogens is 1. The van der Waals surface area contributed by atoms with E-state index in [0.717, 1.165) is 17.0 Å². The van der Waals surface area contributed by atoms with E-state index in [0.29, 0.717) is 34.8 Å². The second kappa shape index (κ2) is 8.71. The van der Waals surface area contributed by atoms with Crippen LogP contribution in [0.25, 0.3) is 0 Å². The van der Waals surface area contributed by atoms with Crippen LogP contribution < -0.4 is 4.74 Å². The lowest BCUT2D eigenvalue weighted by atomic mass is 9.44. The van der Waals surface area contributed by atoms with Crippen molar-refractivity contribution < 1.29 is 9.53 Å². The molecule has 0 N–H and O–H groups in total. The molecule has 32 heavy (non-hydrogen) atoms. The van der Waals surface area contributed by atoms with Crippen molar-refractivity contribution in [1.29, 1.82) is 5.26 Å². The van der Waals surface area contributed by atoms with Crippen molar-refractivity contribution in [2.75, 3.05) is 0 Å². The molecular formula is C27H31ClN2O2. The molecule has 1 saturated carbocycles. The highest BCUT2D eigenvalue weighted by atomic mass is 35.5. The molecule has 1 fully saturated rings. The first-order valence-corrected chi connectivity index (χ1v) is 11.4. The minimum atomic E-state index is -0.229. The number of aliphatic imine (C=N–C) groups is 1. The van der Waals surface area contributed by atoms with E-state index in [4.69, 9.17) is 21.6 Å². The molecule has 0 radical (unpaired) electrons. The summed E-state index contributed by atoms with van der Waals surface area (Å²) in [5.41, 5.74) is 3.02. The second-order valence-corrected chi connectivity index (χ2v) is 10.3. The third-order valence-electron chi connectivity index (χ3n) is 6.91. The molecule has 0 atom stereocenters. The number of nitrogens with zero attached hydrogens (tertiary/aromatic N) is 2. The Kier molecular flexibility index (Phi) is 6.54. The summed E-state index contributed by atoms with van der Waals surface area (Å²) in [5, 5.41) is 9.48. The average Bonchev–Trinajstić information content (AvgIpc) is 2.87. The van der Waals surface area contributed by atoms with Gasteiger partial charge in [0.15, 0.2) is 5.78 Å². The lowest BCUT2D eigenvalue weighted by Crippen LogP contribution is -2.66. The first kappa shape index (κ1) is 24.0. The van der Waals surface area contributed by atoms with E-state index in [1.807, 2.05) is 26.0 Å². The van der Waals surface area contributed by atoms with Crippen molar-refractivity contribution in [1.82, 2.24) is 0 Å². The first-order chi connectivity index (χ1) is 14.9. The van der Waals surface area contributed by atoms with Crippen LogP contribution in [0.4, 0.5) is 0 Å². The Morgan fingerprint density at radius 2 is 1.91 bits per heavy atom. The quantitative estimate of drug-likeness (QED) is 0.476. The molecule has 0 aromatic heterocycles. The van der Waals surface area contributed by atoms with Gasteiger partial charge in [0.25, 0.3) is 0 Å². The minimum absolute atomic E-state index is 0.0842. The molecule has 3 rings (SSSR count). The van der Waals surface area contributed by atoms with Crippen LogP contribution in [0.1, 0.15) is 59.9 Å². The first-order valence-electron chi connectivity index (χ1n) is 11.0. The number of hydrogen-bond acceptors (Lipinski definition) is 4. The van der Waals surface area contributed by atoms with Crippen molar-refractivity contribution in [3.05, 3.63) is 64.4 Å². The van der Waals surface area contributed by atoms with Gasteiger partial charge >= 0.3 is 0 Å². The molecule has 2 aliphatic rings. The number of carbonyl (C=O) groups excluding carboxylic acids is 1. The second-order valence-electron chi connectivity index (χ2n) is 9.86. The predicted octanol–water partition coefficient (Wildman–Crippen LogP) is 6.85. The van der Waals surface area contributed by atoms with Crippen LogP contribution >= 0.6 is 11.6 Å². The molecule has 0 spiro atoms. The zero-order chi connectivity index (χ0) is 23.8. The van der Waals surface area contributed by atoms with E-state index in [9.17, 15) is 4.79 Å². The molecule has 168 valence electrons. The Balaban J connectivity index is 1.84. The van der Waals surface area contributed by atoms with Crippen molar-refractivity contribution in [3.8, 4) is 11.8 Å². The summed E-state index contributed by atoms with van der Waals surface area (Å²) in [4.78, 5) is 18.1. The molecule has 5 heteroatoms. The largest absolute Gasteiger partial charge is 0.489 e. The van der Waals surface area contributed by atoms with Crippen LogP contribution in [-0.2, 0) is 4.79 Å². The Labute approximate surface area is 196 Å². The maximum atomic E-state index is 13.5. The molecular weight excluding hydrogens is 420 g/mol. The van der Waals surface area contributed by atoms with E-state index in [2.05, 4.69) is 45.3 Å². The van der Waals surface area contributed by atoms with Crippen LogP contribution in [0.5, 0.6) is 5.75 Å². The molecule has 1 aromatic carbocycles. The number of nitriles is 1. The Hall–Kier alpha value is -2.64. The highest BCUT2D eigenvalue weighted by Gasteiger charge is 2.63.